The molecule has 0 saturated carbocycles. The molecule has 0 radical (unpaired) electrons. The van der Waals surface area contributed by atoms with E-state index in [0.29, 0.717) is 23.7 Å². The molecule has 1 heterocycles. The van der Waals surface area contributed by atoms with Crippen LogP contribution in [-0.2, 0) is 20.8 Å². The highest BCUT2D eigenvalue weighted by Crippen LogP contribution is 2.29. The summed E-state index contributed by atoms with van der Waals surface area (Å²) in [5, 5.41) is 11.7. The van der Waals surface area contributed by atoms with Gasteiger partial charge >= 0.3 is 0 Å². The van der Waals surface area contributed by atoms with E-state index in [4.69, 9.17) is 9.47 Å². The van der Waals surface area contributed by atoms with Gasteiger partial charge in [-0.1, -0.05) is 30.3 Å². The molecule has 0 bridgehead atoms. The molecule has 0 spiro atoms. The van der Waals surface area contributed by atoms with Gasteiger partial charge in [0.2, 0.25) is 17.7 Å². The first-order chi connectivity index (χ1) is 16.5. The molecule has 10 heteroatoms. The number of hydrogen-bond acceptors (Lipinski definition) is 7. The summed E-state index contributed by atoms with van der Waals surface area (Å²) in [4.78, 5) is 36.9. The lowest BCUT2D eigenvalue weighted by Gasteiger charge is -2.30. The number of amides is 3. The van der Waals surface area contributed by atoms with E-state index in [1.807, 2.05) is 30.3 Å². The van der Waals surface area contributed by atoms with Gasteiger partial charge < -0.3 is 25.4 Å². The monoisotopic (exact) mass is 486 g/mol. The molecule has 3 amide bonds. The van der Waals surface area contributed by atoms with Gasteiger partial charge in [-0.25, -0.2) is 0 Å². The predicted molar refractivity (Wildman–Crippen MR) is 132 cm³/mol. The Morgan fingerprint density at radius 3 is 2.62 bits per heavy atom. The number of hydrogen-bond donors (Lipinski definition) is 4. The van der Waals surface area contributed by atoms with Crippen LogP contribution in [0.1, 0.15) is 18.4 Å². The van der Waals surface area contributed by atoms with Crippen LogP contribution in [0.4, 0.5) is 5.69 Å². The molecule has 1 aliphatic heterocycles. The van der Waals surface area contributed by atoms with Crippen molar-refractivity contribution >= 4 is 35.2 Å². The highest BCUT2D eigenvalue weighted by atomic mass is 32.2. The first-order valence-electron chi connectivity index (χ1n) is 11.0. The van der Waals surface area contributed by atoms with Gasteiger partial charge in [0.25, 0.3) is 0 Å². The van der Waals surface area contributed by atoms with Gasteiger partial charge in [-0.15, -0.1) is 11.8 Å². The van der Waals surface area contributed by atoms with E-state index in [9.17, 15) is 14.4 Å². The number of methoxy groups -OCH3 is 2. The number of thioether (sulfide) groups is 1. The van der Waals surface area contributed by atoms with E-state index in [1.165, 1.54) is 18.9 Å². The maximum Gasteiger partial charge on any atom is 0.234 e. The van der Waals surface area contributed by atoms with E-state index in [1.54, 1.807) is 25.3 Å². The number of benzene rings is 2. The summed E-state index contributed by atoms with van der Waals surface area (Å²) in [7, 11) is 3.06. The Kier molecular flexibility index (Phi) is 9.60. The van der Waals surface area contributed by atoms with Gasteiger partial charge in [-0.2, -0.15) is 0 Å². The molecule has 9 nitrogen and oxygen atoms in total. The van der Waals surface area contributed by atoms with Crippen molar-refractivity contribution in [3.05, 3.63) is 54.1 Å². The van der Waals surface area contributed by atoms with Gasteiger partial charge in [0.1, 0.15) is 17.0 Å². The molecular weight excluding hydrogens is 456 g/mol. The number of rotatable bonds is 11. The van der Waals surface area contributed by atoms with Crippen LogP contribution in [0.3, 0.4) is 0 Å². The maximum atomic E-state index is 12.5. The van der Waals surface area contributed by atoms with Crippen molar-refractivity contribution in [3.63, 3.8) is 0 Å². The highest BCUT2D eigenvalue weighted by molar-refractivity contribution is 8.00. The molecule has 34 heavy (non-hydrogen) atoms. The number of anilines is 1. The molecule has 2 atom stereocenters. The number of ether oxygens (including phenoxy) is 2. The second-order valence-corrected chi connectivity index (χ2v) is 8.82. The minimum atomic E-state index is -0.471. The molecule has 2 aromatic carbocycles. The largest absolute Gasteiger partial charge is 0.497 e. The van der Waals surface area contributed by atoms with Crippen LogP contribution in [0.5, 0.6) is 11.5 Å². The van der Waals surface area contributed by atoms with Gasteiger partial charge in [0, 0.05) is 31.5 Å². The third-order valence-corrected chi connectivity index (χ3v) is 6.20. The molecule has 1 fully saturated rings. The number of carbonyl (C=O) groups is 3. The Hall–Kier alpha value is -3.24. The summed E-state index contributed by atoms with van der Waals surface area (Å²) in [6, 6.07) is 14.7. The SMILES string of the molecule is COc1ccc(OC)c(NC(=O)CSC2NC(=O)CC(CC(=O)NCCc3ccccc3)N2)c1. The van der Waals surface area contributed by atoms with Crippen LogP contribution in [0.25, 0.3) is 0 Å². The van der Waals surface area contributed by atoms with Crippen LogP contribution in [-0.4, -0.2) is 55.8 Å². The predicted octanol–water partition coefficient (Wildman–Crippen LogP) is 1.89. The van der Waals surface area contributed by atoms with E-state index in [-0.39, 0.29) is 42.4 Å². The van der Waals surface area contributed by atoms with Crippen LogP contribution >= 0.6 is 11.8 Å². The summed E-state index contributed by atoms with van der Waals surface area (Å²) < 4.78 is 10.5. The smallest absolute Gasteiger partial charge is 0.234 e. The second-order valence-electron chi connectivity index (χ2n) is 7.73. The van der Waals surface area contributed by atoms with Gasteiger partial charge in [-0.3, -0.25) is 19.7 Å². The van der Waals surface area contributed by atoms with Crippen molar-refractivity contribution in [2.75, 3.05) is 31.8 Å². The van der Waals surface area contributed by atoms with Crippen LogP contribution < -0.4 is 30.7 Å². The first kappa shape index (κ1) is 25.4. The Morgan fingerprint density at radius 1 is 1.09 bits per heavy atom. The molecule has 2 unspecified atom stereocenters. The fourth-order valence-electron chi connectivity index (χ4n) is 3.51. The Labute approximate surface area is 203 Å². The summed E-state index contributed by atoms with van der Waals surface area (Å²) in [5.41, 5.74) is 1.18. The fourth-order valence-corrected chi connectivity index (χ4v) is 4.40. The van der Waals surface area contributed by atoms with Crippen molar-refractivity contribution in [2.24, 2.45) is 0 Å². The molecule has 182 valence electrons. The standard InChI is InChI=1S/C24H30N4O5S/c1-32-18-8-9-20(33-2)19(14-18)27-23(31)15-34-24-26-17(13-22(30)28-24)12-21(29)25-11-10-16-6-4-3-5-7-16/h3-9,14,17,24,26H,10-13,15H2,1-2H3,(H,25,29)(H,27,31)(H,28,30). The van der Waals surface area contributed by atoms with Crippen LogP contribution in [0.2, 0.25) is 0 Å². The molecule has 1 aliphatic rings. The Morgan fingerprint density at radius 2 is 1.88 bits per heavy atom. The van der Waals surface area contributed by atoms with Crippen molar-refractivity contribution < 1.29 is 23.9 Å². The van der Waals surface area contributed by atoms with Gasteiger partial charge in [0.15, 0.2) is 0 Å². The lowest BCUT2D eigenvalue weighted by molar-refractivity contribution is -0.125. The van der Waals surface area contributed by atoms with Crippen molar-refractivity contribution in [1.29, 1.82) is 0 Å². The molecule has 3 rings (SSSR count). The van der Waals surface area contributed by atoms with E-state index in [0.717, 1.165) is 12.0 Å². The first-order valence-corrected chi connectivity index (χ1v) is 12.0. The molecule has 4 N–H and O–H groups in total. The number of carbonyl (C=O) groups excluding carboxylic acids is 3. The third kappa shape index (κ3) is 7.96. The minimum absolute atomic E-state index is 0.0916. The van der Waals surface area contributed by atoms with E-state index in [2.05, 4.69) is 21.3 Å². The molecular formula is C24H30N4O5S. The molecule has 2 aromatic rings. The van der Waals surface area contributed by atoms with Crippen molar-refractivity contribution in [2.45, 2.75) is 30.8 Å². The quantitative estimate of drug-likeness (QED) is 0.383. The summed E-state index contributed by atoms with van der Waals surface area (Å²) in [5.74, 6) is 0.668. The second kappa shape index (κ2) is 12.9. The van der Waals surface area contributed by atoms with Gasteiger partial charge in [0.05, 0.1) is 25.7 Å². The van der Waals surface area contributed by atoms with Crippen LogP contribution in [0.15, 0.2) is 48.5 Å². The summed E-state index contributed by atoms with van der Waals surface area (Å²) in [6.45, 7) is 0.536. The van der Waals surface area contributed by atoms with Crippen LogP contribution in [0, 0.1) is 0 Å². The fraction of sp³-hybridized carbons (Fsp3) is 0.375. The molecule has 0 aromatic heterocycles. The third-order valence-electron chi connectivity index (χ3n) is 5.18. The maximum absolute atomic E-state index is 12.5. The Balaban J connectivity index is 1.43. The van der Waals surface area contributed by atoms with E-state index >= 15 is 0 Å². The van der Waals surface area contributed by atoms with E-state index < -0.39 is 5.50 Å². The number of nitrogens with one attached hydrogen (secondary N) is 4. The zero-order chi connectivity index (χ0) is 24.3. The normalized spacial score (nSPS) is 17.4. The minimum Gasteiger partial charge on any atom is -0.497 e. The summed E-state index contributed by atoms with van der Waals surface area (Å²) >= 11 is 1.24. The van der Waals surface area contributed by atoms with Crippen molar-refractivity contribution in [1.82, 2.24) is 16.0 Å². The topological polar surface area (TPSA) is 118 Å². The molecule has 1 saturated heterocycles. The zero-order valence-corrected chi connectivity index (χ0v) is 20.1. The van der Waals surface area contributed by atoms with Gasteiger partial charge in [-0.05, 0) is 24.1 Å². The summed E-state index contributed by atoms with van der Waals surface area (Å²) in [6.07, 6.45) is 1.14. The average Bonchev–Trinajstić information content (AvgIpc) is 2.83. The molecule has 0 aliphatic carbocycles. The highest BCUT2D eigenvalue weighted by Gasteiger charge is 2.28. The Bertz CT molecular complexity index is 989. The lowest BCUT2D eigenvalue weighted by atomic mass is 10.1. The average molecular weight is 487 g/mol. The van der Waals surface area contributed by atoms with Crippen molar-refractivity contribution in [3.8, 4) is 11.5 Å². The lowest BCUT2D eigenvalue weighted by Crippen LogP contribution is -2.56. The zero-order valence-electron chi connectivity index (χ0n) is 19.3.